The molecule has 3 aliphatic rings. The summed E-state index contributed by atoms with van der Waals surface area (Å²) in [6.07, 6.45) is 0. The number of aromatic nitrogens is 1. The summed E-state index contributed by atoms with van der Waals surface area (Å²) < 4.78 is 2.53. The summed E-state index contributed by atoms with van der Waals surface area (Å²) >= 11 is 0. The molecule has 2 aliphatic carbocycles. The van der Waals surface area contributed by atoms with E-state index >= 15 is 0 Å². The van der Waals surface area contributed by atoms with E-state index in [0.717, 1.165) is 17.1 Å². The van der Waals surface area contributed by atoms with Crippen LogP contribution in [0.15, 0.2) is 231 Å². The first-order valence-electron chi connectivity index (χ1n) is 23.2. The predicted octanol–water partition coefficient (Wildman–Crippen LogP) is 16.6. The Kier molecular flexibility index (Phi) is 7.70. The van der Waals surface area contributed by atoms with E-state index in [1.165, 1.54) is 105 Å². The quantitative estimate of drug-likeness (QED) is 0.168. The summed E-state index contributed by atoms with van der Waals surface area (Å²) in [6, 6.07) is 86.4. The van der Waals surface area contributed by atoms with Crippen LogP contribution in [0, 0.1) is 0 Å². The van der Waals surface area contributed by atoms with Gasteiger partial charge in [0, 0.05) is 33.0 Å². The van der Waals surface area contributed by atoms with E-state index in [1.807, 2.05) is 0 Å². The van der Waals surface area contributed by atoms with E-state index in [4.69, 9.17) is 0 Å². The Bertz CT molecular complexity index is 3810. The molecule has 310 valence electrons. The average molecular weight is 841 g/mol. The van der Waals surface area contributed by atoms with Crippen molar-refractivity contribution >= 4 is 38.9 Å². The zero-order valence-electron chi connectivity index (χ0n) is 36.8. The van der Waals surface area contributed by atoms with Gasteiger partial charge in [0.15, 0.2) is 0 Å². The molecule has 1 spiro atoms. The van der Waals surface area contributed by atoms with Gasteiger partial charge in [0.05, 0.1) is 33.5 Å². The molecule has 10 aromatic carbocycles. The molecule has 0 fully saturated rings. The van der Waals surface area contributed by atoms with E-state index in [1.54, 1.807) is 0 Å². The average Bonchev–Trinajstić information content (AvgIpc) is 3.95. The third kappa shape index (κ3) is 4.85. The first kappa shape index (κ1) is 37.2. The number of para-hydroxylation sites is 5. The summed E-state index contributed by atoms with van der Waals surface area (Å²) in [7, 11) is 0. The second kappa shape index (κ2) is 13.7. The summed E-state index contributed by atoms with van der Waals surface area (Å²) in [5.74, 6) is 0. The molecular formula is C64H44N2. The smallest absolute Gasteiger partial charge is 0.0754 e. The molecule has 2 heterocycles. The van der Waals surface area contributed by atoms with Gasteiger partial charge in [-0.15, -0.1) is 0 Å². The van der Waals surface area contributed by atoms with E-state index < -0.39 is 5.41 Å². The SMILES string of the molecule is CC1(C)c2ccccc2-c2cc(N(c3ccccc3-c3ccccc3)c3ccccc3-c3ccc4c(c3)C3(c5ccccc5-4)c4ccccc4-n4c5ccccc5c5cccc3c54)ccc21. The van der Waals surface area contributed by atoms with Crippen molar-refractivity contribution in [2.45, 2.75) is 24.7 Å². The Labute approximate surface area is 385 Å². The highest BCUT2D eigenvalue weighted by atomic mass is 15.1. The van der Waals surface area contributed by atoms with E-state index in [-0.39, 0.29) is 5.41 Å². The van der Waals surface area contributed by atoms with Crippen LogP contribution in [0.5, 0.6) is 0 Å². The zero-order chi connectivity index (χ0) is 43.7. The first-order valence-corrected chi connectivity index (χ1v) is 23.2. The van der Waals surface area contributed by atoms with Crippen LogP contribution in [0.25, 0.3) is 72.0 Å². The maximum atomic E-state index is 2.53. The summed E-state index contributed by atoms with van der Waals surface area (Å²) in [5, 5.41) is 2.57. The fourth-order valence-electron chi connectivity index (χ4n) is 12.4. The highest BCUT2D eigenvalue weighted by molar-refractivity contribution is 6.13. The molecule has 66 heavy (non-hydrogen) atoms. The molecule has 2 heteroatoms. The van der Waals surface area contributed by atoms with Crippen LogP contribution >= 0.6 is 0 Å². The van der Waals surface area contributed by atoms with Gasteiger partial charge >= 0.3 is 0 Å². The van der Waals surface area contributed by atoms with Crippen molar-refractivity contribution in [2.24, 2.45) is 0 Å². The van der Waals surface area contributed by atoms with Gasteiger partial charge in [-0.2, -0.15) is 0 Å². The van der Waals surface area contributed by atoms with E-state index in [2.05, 4.69) is 254 Å². The molecule has 14 rings (SSSR count). The van der Waals surface area contributed by atoms with Gasteiger partial charge in [-0.25, -0.2) is 0 Å². The largest absolute Gasteiger partial charge is 0.309 e. The molecule has 0 saturated heterocycles. The van der Waals surface area contributed by atoms with E-state index in [9.17, 15) is 0 Å². The lowest BCUT2D eigenvalue weighted by atomic mass is 9.65. The summed E-state index contributed by atoms with van der Waals surface area (Å²) in [5.41, 5.74) is 24.5. The number of fused-ring (bicyclic) bond motifs is 15. The number of nitrogens with zero attached hydrogens (tertiary/aromatic N) is 2. The van der Waals surface area contributed by atoms with Crippen molar-refractivity contribution in [3.05, 3.63) is 264 Å². The molecule has 1 atom stereocenters. The van der Waals surface area contributed by atoms with Gasteiger partial charge in [-0.1, -0.05) is 202 Å². The number of rotatable bonds is 5. The van der Waals surface area contributed by atoms with E-state index in [0.29, 0.717) is 0 Å². The van der Waals surface area contributed by atoms with Crippen molar-refractivity contribution in [2.75, 3.05) is 4.90 Å². The van der Waals surface area contributed by atoms with Crippen LogP contribution in [0.3, 0.4) is 0 Å². The van der Waals surface area contributed by atoms with Crippen molar-refractivity contribution in [3.8, 4) is 50.2 Å². The van der Waals surface area contributed by atoms with Crippen molar-refractivity contribution in [1.82, 2.24) is 4.57 Å². The molecule has 11 aromatic rings. The molecule has 1 unspecified atom stereocenters. The number of benzene rings is 10. The van der Waals surface area contributed by atoms with Crippen LogP contribution in [0.1, 0.15) is 47.2 Å². The molecule has 1 aromatic heterocycles. The van der Waals surface area contributed by atoms with Gasteiger partial charge in [-0.05, 0) is 109 Å². The lowest BCUT2D eigenvalue weighted by Crippen LogP contribution is -2.33. The predicted molar refractivity (Wildman–Crippen MR) is 275 cm³/mol. The zero-order valence-corrected chi connectivity index (χ0v) is 36.8. The molecular weight excluding hydrogens is 797 g/mol. The minimum Gasteiger partial charge on any atom is -0.309 e. The lowest BCUT2D eigenvalue weighted by molar-refractivity contribution is 0.660. The van der Waals surface area contributed by atoms with Gasteiger partial charge in [0.25, 0.3) is 0 Å². The highest BCUT2D eigenvalue weighted by Gasteiger charge is 2.51. The number of anilines is 3. The third-order valence-electron chi connectivity index (χ3n) is 15.2. The molecule has 0 N–H and O–H groups in total. The van der Waals surface area contributed by atoms with Crippen LogP contribution in [-0.2, 0) is 10.8 Å². The number of hydrogen-bond acceptors (Lipinski definition) is 1. The highest BCUT2D eigenvalue weighted by Crippen LogP contribution is 2.62. The summed E-state index contributed by atoms with van der Waals surface area (Å²) in [4.78, 5) is 2.51. The van der Waals surface area contributed by atoms with Gasteiger partial charge < -0.3 is 9.47 Å². The second-order valence-corrected chi connectivity index (χ2v) is 18.8. The normalized spacial score (nSPS) is 15.6. The fraction of sp³-hybridized carbons (Fsp3) is 0.0625. The Balaban J connectivity index is 1.04. The van der Waals surface area contributed by atoms with Gasteiger partial charge in [-0.3, -0.25) is 0 Å². The topological polar surface area (TPSA) is 8.17 Å². The molecule has 0 saturated carbocycles. The molecule has 0 bridgehead atoms. The van der Waals surface area contributed by atoms with Gasteiger partial charge in [0.1, 0.15) is 0 Å². The third-order valence-corrected chi connectivity index (χ3v) is 15.2. The van der Waals surface area contributed by atoms with Gasteiger partial charge in [0.2, 0.25) is 0 Å². The van der Waals surface area contributed by atoms with Crippen molar-refractivity contribution < 1.29 is 0 Å². The standard InChI is InChI=1S/C64H44N2/c1-63(2)52-27-11-6-24-47(52)51-40-43(36-38-53(51)63)65(58-31-14-8-21-44(58)41-19-4-3-5-20-41)59-32-15-9-22-45(59)42-35-37-48-46-23-7-12-28-54(46)64(57(48)39-42)55-29-13-17-34-61(55)66-60-33-16-10-25-49(60)50-26-18-30-56(64)62(50)66/h3-40H,1-2H3. The minimum absolute atomic E-state index is 0.0937. The van der Waals surface area contributed by atoms with Crippen molar-refractivity contribution in [1.29, 1.82) is 0 Å². The van der Waals surface area contributed by atoms with Crippen LogP contribution in [0.2, 0.25) is 0 Å². The summed E-state index contributed by atoms with van der Waals surface area (Å²) in [6.45, 7) is 4.72. The van der Waals surface area contributed by atoms with Crippen molar-refractivity contribution in [3.63, 3.8) is 0 Å². The molecule has 0 amide bonds. The Morgan fingerprint density at radius 1 is 0.348 bits per heavy atom. The fourth-order valence-corrected chi connectivity index (χ4v) is 12.4. The Morgan fingerprint density at radius 2 is 0.909 bits per heavy atom. The molecule has 0 radical (unpaired) electrons. The maximum Gasteiger partial charge on any atom is 0.0754 e. The second-order valence-electron chi connectivity index (χ2n) is 18.8. The first-order chi connectivity index (χ1) is 32.5. The maximum absolute atomic E-state index is 2.53. The van der Waals surface area contributed by atoms with Crippen LogP contribution in [-0.4, -0.2) is 4.57 Å². The Hall–Kier alpha value is -8.20. The van der Waals surface area contributed by atoms with Crippen LogP contribution < -0.4 is 4.90 Å². The molecule has 2 nitrogen and oxygen atoms in total. The monoisotopic (exact) mass is 840 g/mol. The minimum atomic E-state index is -0.545. The lowest BCUT2D eigenvalue weighted by Gasteiger charge is -2.39. The molecule has 1 aliphatic heterocycles. The van der Waals surface area contributed by atoms with Crippen LogP contribution in [0.4, 0.5) is 17.1 Å². The number of hydrogen-bond donors (Lipinski definition) is 0. The Morgan fingerprint density at radius 3 is 1.70 bits per heavy atom.